The van der Waals surface area contributed by atoms with Gasteiger partial charge in [0.25, 0.3) is 0 Å². The van der Waals surface area contributed by atoms with Crippen molar-refractivity contribution >= 4 is 22.5 Å². The number of alkyl halides is 3. The summed E-state index contributed by atoms with van der Waals surface area (Å²) in [4.78, 5) is 17.7. The number of hydrogen-bond acceptors (Lipinski definition) is 3. The van der Waals surface area contributed by atoms with Crippen molar-refractivity contribution in [3.63, 3.8) is 0 Å². The lowest BCUT2D eigenvalue weighted by Gasteiger charge is -2.16. The first-order valence-electron chi connectivity index (χ1n) is 9.45. The maximum absolute atomic E-state index is 12.9. The molecule has 1 amide bonds. The fourth-order valence-corrected chi connectivity index (χ4v) is 3.53. The van der Waals surface area contributed by atoms with E-state index in [4.69, 9.17) is 0 Å². The Morgan fingerprint density at radius 1 is 1.03 bits per heavy atom. The zero-order chi connectivity index (χ0) is 20.4. The number of fused-ring (bicyclic) bond motifs is 1. The minimum Gasteiger partial charge on any atom is -0.380 e. The van der Waals surface area contributed by atoms with Crippen LogP contribution in [0.15, 0.2) is 54.7 Å². The van der Waals surface area contributed by atoms with Crippen LogP contribution in [0, 0.1) is 0 Å². The summed E-state index contributed by atoms with van der Waals surface area (Å²) in [5, 5.41) is 3.92. The second-order valence-corrected chi connectivity index (χ2v) is 7.18. The number of aromatic nitrogens is 1. The SMILES string of the molecule is O=C1CCCN1Cc1ccc(CNc2ccnc3cc(C(F)(F)F)ccc23)cc1. The Balaban J connectivity index is 1.44. The van der Waals surface area contributed by atoms with E-state index in [1.54, 1.807) is 6.07 Å². The van der Waals surface area contributed by atoms with Gasteiger partial charge in [-0.25, -0.2) is 0 Å². The van der Waals surface area contributed by atoms with Crippen LogP contribution in [0.2, 0.25) is 0 Å². The van der Waals surface area contributed by atoms with Crippen LogP contribution in [0.4, 0.5) is 18.9 Å². The molecule has 1 fully saturated rings. The zero-order valence-corrected chi connectivity index (χ0v) is 15.7. The molecule has 0 bridgehead atoms. The Hall–Kier alpha value is -3.09. The van der Waals surface area contributed by atoms with Gasteiger partial charge in [-0.05, 0) is 35.7 Å². The fourth-order valence-electron chi connectivity index (χ4n) is 3.53. The summed E-state index contributed by atoms with van der Waals surface area (Å²) >= 11 is 0. The summed E-state index contributed by atoms with van der Waals surface area (Å²) in [7, 11) is 0. The number of likely N-dealkylation sites (tertiary alicyclic amines) is 1. The molecule has 0 unspecified atom stereocenters. The Kier molecular flexibility index (Phi) is 5.13. The van der Waals surface area contributed by atoms with E-state index in [1.165, 1.54) is 12.3 Å². The molecule has 29 heavy (non-hydrogen) atoms. The third-order valence-electron chi connectivity index (χ3n) is 5.12. The van der Waals surface area contributed by atoms with Crippen molar-refractivity contribution in [1.29, 1.82) is 0 Å². The van der Waals surface area contributed by atoms with Crippen LogP contribution in [-0.4, -0.2) is 22.3 Å². The summed E-state index contributed by atoms with van der Waals surface area (Å²) < 4.78 is 38.7. The van der Waals surface area contributed by atoms with Crippen molar-refractivity contribution in [3.8, 4) is 0 Å². The number of rotatable bonds is 5. The molecule has 0 atom stereocenters. The number of nitrogens with one attached hydrogen (secondary N) is 1. The number of nitrogens with zero attached hydrogens (tertiary/aromatic N) is 2. The number of pyridine rings is 1. The number of amides is 1. The molecule has 7 heteroatoms. The average Bonchev–Trinajstić information content (AvgIpc) is 3.11. The van der Waals surface area contributed by atoms with E-state index < -0.39 is 11.7 Å². The van der Waals surface area contributed by atoms with Crippen molar-refractivity contribution < 1.29 is 18.0 Å². The molecule has 0 saturated carbocycles. The third-order valence-corrected chi connectivity index (χ3v) is 5.12. The fraction of sp³-hybridized carbons (Fsp3) is 0.273. The molecule has 0 aliphatic carbocycles. The van der Waals surface area contributed by atoms with Gasteiger partial charge in [-0.2, -0.15) is 13.2 Å². The monoisotopic (exact) mass is 399 g/mol. The molecule has 4 rings (SSSR count). The van der Waals surface area contributed by atoms with E-state index in [0.29, 0.717) is 30.4 Å². The molecule has 1 saturated heterocycles. The van der Waals surface area contributed by atoms with Gasteiger partial charge in [-0.3, -0.25) is 9.78 Å². The largest absolute Gasteiger partial charge is 0.416 e. The van der Waals surface area contributed by atoms with Crippen LogP contribution in [-0.2, 0) is 24.1 Å². The first-order chi connectivity index (χ1) is 13.9. The normalized spacial score (nSPS) is 14.6. The lowest BCUT2D eigenvalue weighted by molar-refractivity contribution is -0.137. The van der Waals surface area contributed by atoms with Gasteiger partial charge in [0.05, 0.1) is 11.1 Å². The highest BCUT2D eigenvalue weighted by Crippen LogP contribution is 2.32. The summed E-state index contributed by atoms with van der Waals surface area (Å²) in [6, 6.07) is 13.3. The molecule has 150 valence electrons. The first kappa shape index (κ1) is 19.2. The number of benzene rings is 2. The Bertz CT molecular complexity index is 1030. The number of carbonyl (C=O) groups excluding carboxylic acids is 1. The lowest BCUT2D eigenvalue weighted by atomic mass is 10.1. The van der Waals surface area contributed by atoms with Gasteiger partial charge in [0, 0.05) is 43.3 Å². The molecule has 3 aromatic rings. The summed E-state index contributed by atoms with van der Waals surface area (Å²) in [6.45, 7) is 1.97. The van der Waals surface area contributed by atoms with E-state index in [9.17, 15) is 18.0 Å². The van der Waals surface area contributed by atoms with Crippen LogP contribution >= 0.6 is 0 Å². The first-order valence-corrected chi connectivity index (χ1v) is 9.45. The van der Waals surface area contributed by atoms with Gasteiger partial charge < -0.3 is 10.2 Å². The molecule has 1 aliphatic heterocycles. The van der Waals surface area contributed by atoms with E-state index in [1.807, 2.05) is 29.2 Å². The second-order valence-electron chi connectivity index (χ2n) is 7.18. The van der Waals surface area contributed by atoms with Gasteiger partial charge in [0.15, 0.2) is 0 Å². The minimum absolute atomic E-state index is 0.203. The van der Waals surface area contributed by atoms with Crippen LogP contribution < -0.4 is 5.32 Å². The Morgan fingerprint density at radius 2 is 1.79 bits per heavy atom. The zero-order valence-electron chi connectivity index (χ0n) is 15.7. The third kappa shape index (κ3) is 4.34. The molecule has 2 heterocycles. The predicted octanol–water partition coefficient (Wildman–Crippen LogP) is 4.99. The topological polar surface area (TPSA) is 45.2 Å². The summed E-state index contributed by atoms with van der Waals surface area (Å²) in [5.74, 6) is 0.203. The van der Waals surface area contributed by atoms with Gasteiger partial charge in [-0.15, -0.1) is 0 Å². The Labute approximate surface area is 166 Å². The molecule has 1 aromatic heterocycles. The molecule has 0 spiro atoms. The summed E-state index contributed by atoms with van der Waals surface area (Å²) in [5.41, 5.74) is 2.45. The maximum Gasteiger partial charge on any atom is 0.416 e. The van der Waals surface area contributed by atoms with Crippen molar-refractivity contribution in [2.24, 2.45) is 0 Å². The highest BCUT2D eigenvalue weighted by Gasteiger charge is 2.30. The van der Waals surface area contributed by atoms with Gasteiger partial charge in [0.2, 0.25) is 5.91 Å². The van der Waals surface area contributed by atoms with Crippen LogP contribution in [0.3, 0.4) is 0 Å². The van der Waals surface area contributed by atoms with Gasteiger partial charge in [0.1, 0.15) is 0 Å². The number of halogens is 3. The van der Waals surface area contributed by atoms with E-state index >= 15 is 0 Å². The van der Waals surface area contributed by atoms with Crippen molar-refractivity contribution in [2.45, 2.75) is 32.1 Å². The maximum atomic E-state index is 12.9. The van der Waals surface area contributed by atoms with Crippen molar-refractivity contribution in [3.05, 3.63) is 71.4 Å². The predicted molar refractivity (Wildman–Crippen MR) is 105 cm³/mol. The molecular formula is C22H20F3N3O. The van der Waals surface area contributed by atoms with Crippen molar-refractivity contribution in [2.75, 3.05) is 11.9 Å². The molecular weight excluding hydrogens is 379 g/mol. The van der Waals surface area contributed by atoms with E-state index in [-0.39, 0.29) is 5.91 Å². The molecule has 0 radical (unpaired) electrons. The number of carbonyl (C=O) groups is 1. The molecule has 1 aliphatic rings. The lowest BCUT2D eigenvalue weighted by Crippen LogP contribution is -2.23. The summed E-state index contributed by atoms with van der Waals surface area (Å²) in [6.07, 6.45) is -1.33. The highest BCUT2D eigenvalue weighted by molar-refractivity contribution is 5.91. The van der Waals surface area contributed by atoms with E-state index in [2.05, 4.69) is 10.3 Å². The van der Waals surface area contributed by atoms with Gasteiger partial charge in [-0.1, -0.05) is 30.3 Å². The second kappa shape index (κ2) is 7.73. The molecule has 2 aromatic carbocycles. The smallest absolute Gasteiger partial charge is 0.380 e. The minimum atomic E-state index is -4.39. The average molecular weight is 399 g/mol. The number of hydrogen-bond donors (Lipinski definition) is 1. The molecule has 1 N–H and O–H groups in total. The highest BCUT2D eigenvalue weighted by atomic mass is 19.4. The van der Waals surface area contributed by atoms with Crippen molar-refractivity contribution in [1.82, 2.24) is 9.88 Å². The van der Waals surface area contributed by atoms with Gasteiger partial charge >= 0.3 is 6.18 Å². The molecule has 4 nitrogen and oxygen atoms in total. The van der Waals surface area contributed by atoms with Crippen LogP contribution in [0.1, 0.15) is 29.5 Å². The van der Waals surface area contributed by atoms with E-state index in [0.717, 1.165) is 41.9 Å². The number of anilines is 1. The van der Waals surface area contributed by atoms with Crippen LogP contribution in [0.5, 0.6) is 0 Å². The standard InChI is InChI=1S/C22H20F3N3O/c23-22(24,25)17-7-8-18-19(9-10-26-20(18)12-17)27-13-15-3-5-16(6-4-15)14-28-11-1-2-21(28)29/h3-10,12H,1-2,11,13-14H2,(H,26,27). The Morgan fingerprint density at radius 3 is 2.48 bits per heavy atom. The quantitative estimate of drug-likeness (QED) is 0.658. The van der Waals surface area contributed by atoms with Crippen LogP contribution in [0.25, 0.3) is 10.9 Å².